The molecule has 0 radical (unpaired) electrons. The molecule has 1 aromatic carbocycles. The highest BCUT2D eigenvalue weighted by Crippen LogP contribution is 2.32. The number of pyridine rings is 1. The number of aromatic nitrogens is 1. The van der Waals surface area contributed by atoms with Crippen LogP contribution in [0, 0.1) is 0 Å². The van der Waals surface area contributed by atoms with Crippen LogP contribution in [0.4, 0.5) is 10.5 Å². The minimum Gasteiger partial charge on any atom is -0.468 e. The van der Waals surface area contributed by atoms with Gasteiger partial charge in [-0.2, -0.15) is 0 Å². The Hall–Kier alpha value is -3.29. The SMILES string of the molecule is COC(=O)c1cnc2c(c1)NC[C@@H]([C@H](NC(=O)OC(C)(C)C)c1ccccc1)O2. The molecule has 3 rings (SSSR count). The van der Waals surface area contributed by atoms with Crippen molar-refractivity contribution in [3.8, 4) is 5.88 Å². The highest BCUT2D eigenvalue weighted by atomic mass is 16.6. The van der Waals surface area contributed by atoms with E-state index in [0.717, 1.165) is 5.56 Å². The maximum Gasteiger partial charge on any atom is 0.408 e. The van der Waals surface area contributed by atoms with Crippen LogP contribution in [0.1, 0.15) is 42.7 Å². The first-order chi connectivity index (χ1) is 13.8. The number of alkyl carbamates (subject to hydrolysis) is 1. The number of benzene rings is 1. The van der Waals surface area contributed by atoms with Gasteiger partial charge in [0.05, 0.1) is 30.9 Å². The van der Waals surface area contributed by atoms with Crippen LogP contribution in [0.2, 0.25) is 0 Å². The van der Waals surface area contributed by atoms with Crippen molar-refractivity contribution < 1.29 is 23.8 Å². The molecule has 2 aromatic rings. The van der Waals surface area contributed by atoms with E-state index in [0.29, 0.717) is 23.7 Å². The van der Waals surface area contributed by atoms with E-state index in [1.54, 1.807) is 6.07 Å². The second kappa shape index (κ2) is 8.38. The zero-order valence-electron chi connectivity index (χ0n) is 16.9. The topological polar surface area (TPSA) is 98.8 Å². The van der Waals surface area contributed by atoms with Crippen LogP contribution in [0.3, 0.4) is 0 Å². The van der Waals surface area contributed by atoms with Crippen molar-refractivity contribution in [1.29, 1.82) is 0 Å². The molecule has 0 saturated carbocycles. The van der Waals surface area contributed by atoms with Crippen LogP contribution in [0.5, 0.6) is 5.88 Å². The van der Waals surface area contributed by atoms with Crippen molar-refractivity contribution in [2.75, 3.05) is 19.0 Å². The number of esters is 1. The van der Waals surface area contributed by atoms with Gasteiger partial charge >= 0.3 is 12.1 Å². The molecule has 0 unspecified atom stereocenters. The quantitative estimate of drug-likeness (QED) is 0.761. The second-order valence-electron chi connectivity index (χ2n) is 7.64. The summed E-state index contributed by atoms with van der Waals surface area (Å²) in [7, 11) is 1.31. The largest absolute Gasteiger partial charge is 0.468 e. The van der Waals surface area contributed by atoms with E-state index >= 15 is 0 Å². The Balaban J connectivity index is 1.82. The Kier molecular flexibility index (Phi) is 5.91. The van der Waals surface area contributed by atoms with Gasteiger partial charge in [0, 0.05) is 6.20 Å². The molecule has 8 nitrogen and oxygen atoms in total. The van der Waals surface area contributed by atoms with Gasteiger partial charge in [0.2, 0.25) is 5.88 Å². The summed E-state index contributed by atoms with van der Waals surface area (Å²) in [6, 6.07) is 10.7. The van der Waals surface area contributed by atoms with Gasteiger partial charge in [-0.25, -0.2) is 14.6 Å². The number of carbonyl (C=O) groups is 2. The van der Waals surface area contributed by atoms with Crippen molar-refractivity contribution in [2.45, 2.75) is 38.5 Å². The van der Waals surface area contributed by atoms with E-state index in [9.17, 15) is 9.59 Å². The third kappa shape index (κ3) is 5.16. The lowest BCUT2D eigenvalue weighted by Crippen LogP contribution is -2.46. The Morgan fingerprint density at radius 2 is 2.00 bits per heavy atom. The Bertz CT molecular complexity index is 880. The number of methoxy groups -OCH3 is 1. The number of hydrogen-bond donors (Lipinski definition) is 2. The predicted octanol–water partition coefficient (Wildman–Crippen LogP) is 3.31. The lowest BCUT2D eigenvalue weighted by Gasteiger charge is -2.33. The fourth-order valence-electron chi connectivity index (χ4n) is 2.97. The fraction of sp³-hybridized carbons (Fsp3) is 0.381. The lowest BCUT2D eigenvalue weighted by molar-refractivity contribution is 0.0442. The summed E-state index contributed by atoms with van der Waals surface area (Å²) in [6.07, 6.45) is 0.428. The fourth-order valence-corrected chi connectivity index (χ4v) is 2.97. The minimum atomic E-state index is -0.616. The van der Waals surface area contributed by atoms with E-state index < -0.39 is 29.8 Å². The number of carbonyl (C=O) groups excluding carboxylic acids is 2. The van der Waals surface area contributed by atoms with E-state index in [2.05, 4.69) is 15.6 Å². The lowest BCUT2D eigenvalue weighted by atomic mass is 10.0. The zero-order chi connectivity index (χ0) is 21.0. The molecule has 1 aromatic heterocycles. The monoisotopic (exact) mass is 399 g/mol. The first kappa shape index (κ1) is 20.4. The Labute approximate surface area is 169 Å². The molecule has 8 heteroatoms. The van der Waals surface area contributed by atoms with Crippen molar-refractivity contribution in [2.24, 2.45) is 0 Å². The third-order valence-electron chi connectivity index (χ3n) is 4.23. The van der Waals surface area contributed by atoms with E-state index in [4.69, 9.17) is 14.2 Å². The van der Waals surface area contributed by atoms with Gasteiger partial charge in [0.25, 0.3) is 0 Å². The number of ether oxygens (including phenoxy) is 3. The highest BCUT2D eigenvalue weighted by molar-refractivity contribution is 5.90. The maximum absolute atomic E-state index is 12.4. The Morgan fingerprint density at radius 3 is 2.66 bits per heavy atom. The molecule has 2 N–H and O–H groups in total. The third-order valence-corrected chi connectivity index (χ3v) is 4.23. The van der Waals surface area contributed by atoms with E-state index in [1.807, 2.05) is 51.1 Å². The predicted molar refractivity (Wildman–Crippen MR) is 107 cm³/mol. The van der Waals surface area contributed by atoms with Gasteiger partial charge in [0.1, 0.15) is 11.7 Å². The molecule has 0 saturated heterocycles. The first-order valence-electron chi connectivity index (χ1n) is 9.30. The molecular formula is C21H25N3O5. The maximum atomic E-state index is 12.4. The number of hydrogen-bond acceptors (Lipinski definition) is 7. The van der Waals surface area contributed by atoms with Gasteiger partial charge < -0.3 is 24.8 Å². The van der Waals surface area contributed by atoms with Crippen LogP contribution in [0.15, 0.2) is 42.6 Å². The van der Waals surface area contributed by atoms with Gasteiger partial charge in [-0.3, -0.25) is 0 Å². The average molecular weight is 399 g/mol. The van der Waals surface area contributed by atoms with E-state index in [-0.39, 0.29) is 0 Å². The van der Waals surface area contributed by atoms with Gasteiger partial charge in [0.15, 0.2) is 0 Å². The normalized spacial score (nSPS) is 16.5. The van der Waals surface area contributed by atoms with Crippen LogP contribution in [-0.4, -0.2) is 42.4 Å². The summed E-state index contributed by atoms with van der Waals surface area (Å²) in [4.78, 5) is 28.3. The van der Waals surface area contributed by atoms with E-state index in [1.165, 1.54) is 13.3 Å². The molecule has 0 aliphatic carbocycles. The van der Waals surface area contributed by atoms with Crippen LogP contribution in [0.25, 0.3) is 0 Å². The molecule has 0 bridgehead atoms. The molecule has 1 aliphatic heterocycles. The molecule has 2 heterocycles. The molecule has 1 amide bonds. The van der Waals surface area contributed by atoms with Gasteiger partial charge in [-0.1, -0.05) is 30.3 Å². The molecule has 0 spiro atoms. The number of fused-ring (bicyclic) bond motifs is 1. The minimum absolute atomic E-state index is 0.326. The van der Waals surface area contributed by atoms with Crippen LogP contribution in [-0.2, 0) is 9.47 Å². The first-order valence-corrected chi connectivity index (χ1v) is 9.30. The van der Waals surface area contributed by atoms with Gasteiger partial charge in [-0.05, 0) is 32.4 Å². The summed E-state index contributed by atoms with van der Waals surface area (Å²) in [5, 5.41) is 6.12. The molecular weight excluding hydrogens is 374 g/mol. The number of nitrogens with one attached hydrogen (secondary N) is 2. The van der Waals surface area contributed by atoms with Crippen molar-refractivity contribution in [3.05, 3.63) is 53.7 Å². The second-order valence-corrected chi connectivity index (χ2v) is 7.64. The van der Waals surface area contributed by atoms with Crippen molar-refractivity contribution in [1.82, 2.24) is 10.3 Å². The van der Waals surface area contributed by atoms with Gasteiger partial charge in [-0.15, -0.1) is 0 Å². The number of anilines is 1. The standard InChI is InChI=1S/C21H25N3O5/c1-21(2,3)29-20(26)24-17(13-8-6-5-7-9-13)16-12-22-15-10-14(19(25)27-4)11-23-18(15)28-16/h5-11,16-17,22H,12H2,1-4H3,(H,24,26)/t16-,17+/m0/s1. The van der Waals surface area contributed by atoms with Crippen molar-refractivity contribution in [3.63, 3.8) is 0 Å². The highest BCUT2D eigenvalue weighted by Gasteiger charge is 2.32. The summed E-state index contributed by atoms with van der Waals surface area (Å²) in [5.41, 5.74) is 1.18. The number of nitrogens with zero attached hydrogens (tertiary/aromatic N) is 1. The smallest absolute Gasteiger partial charge is 0.408 e. The molecule has 154 valence electrons. The summed E-state index contributed by atoms with van der Waals surface area (Å²) >= 11 is 0. The summed E-state index contributed by atoms with van der Waals surface area (Å²) in [6.45, 7) is 5.82. The summed E-state index contributed by atoms with van der Waals surface area (Å²) < 4.78 is 16.2. The number of rotatable bonds is 4. The zero-order valence-corrected chi connectivity index (χ0v) is 16.9. The molecule has 1 aliphatic rings. The summed E-state index contributed by atoms with van der Waals surface area (Å²) in [5.74, 6) is -0.126. The molecule has 29 heavy (non-hydrogen) atoms. The molecule has 0 fully saturated rings. The average Bonchev–Trinajstić information content (AvgIpc) is 2.70. The number of amides is 1. The van der Waals surface area contributed by atoms with Crippen LogP contribution >= 0.6 is 0 Å². The van der Waals surface area contributed by atoms with Crippen LogP contribution < -0.4 is 15.4 Å². The Morgan fingerprint density at radius 1 is 1.28 bits per heavy atom. The van der Waals surface area contributed by atoms with Crippen molar-refractivity contribution >= 4 is 17.7 Å². The molecule has 2 atom stereocenters.